The third-order valence-corrected chi connectivity index (χ3v) is 3.33. The zero-order chi connectivity index (χ0) is 16.7. The minimum atomic E-state index is -5.22. The van der Waals surface area contributed by atoms with Crippen molar-refractivity contribution in [3.8, 4) is 5.69 Å². The van der Waals surface area contributed by atoms with Crippen molar-refractivity contribution in [3.63, 3.8) is 0 Å². The summed E-state index contributed by atoms with van der Waals surface area (Å²) in [6.45, 7) is 0. The van der Waals surface area contributed by atoms with Crippen LogP contribution >= 0.6 is 0 Å². The molecule has 22 heavy (non-hydrogen) atoms. The second-order valence-corrected chi connectivity index (χ2v) is 5.33. The lowest BCUT2D eigenvalue weighted by Gasteiger charge is -2.16. The van der Waals surface area contributed by atoms with E-state index >= 15 is 0 Å². The molecule has 1 aromatic carbocycles. The van der Waals surface area contributed by atoms with Crippen LogP contribution in [-0.2, 0) is 23.2 Å². The summed E-state index contributed by atoms with van der Waals surface area (Å²) in [6.07, 6.45) is -9.21. The molecule has 12 heteroatoms. The molecule has 1 atom stereocenters. The highest BCUT2D eigenvalue weighted by Gasteiger charge is 2.43. The fourth-order valence-corrected chi connectivity index (χ4v) is 2.20. The van der Waals surface area contributed by atoms with Crippen LogP contribution in [0.25, 0.3) is 5.69 Å². The maximum Gasteiger partial charge on any atom is 0.417 e. The Balaban J connectivity index is 2.67. The molecule has 5 nitrogen and oxygen atoms in total. The van der Waals surface area contributed by atoms with Crippen molar-refractivity contribution in [1.82, 2.24) is 20.2 Å². The highest BCUT2D eigenvalue weighted by molar-refractivity contribution is 7.84. The third kappa shape index (κ3) is 3.10. The van der Waals surface area contributed by atoms with Crippen molar-refractivity contribution < 1.29 is 30.6 Å². The van der Waals surface area contributed by atoms with Crippen molar-refractivity contribution in [2.24, 2.45) is 0 Å². The summed E-state index contributed by atoms with van der Waals surface area (Å²) in [5.41, 5.74) is -4.08. The molecular weight excluding hydrogens is 338 g/mol. The van der Waals surface area contributed by atoms with Crippen LogP contribution in [0.1, 0.15) is 11.1 Å². The van der Waals surface area contributed by atoms with E-state index in [0.29, 0.717) is 4.68 Å². The summed E-state index contributed by atoms with van der Waals surface area (Å²) in [7, 11) is -1.74. The summed E-state index contributed by atoms with van der Waals surface area (Å²) in [5.74, 6) is 0. The standard InChI is InChI=1S/C10H6F6N4OS/c1-22(21)8-17-18-19-20(8)5-2-3-6(9(11,12)13)7(4-5)10(14,15)16/h2-4H,1H3. The van der Waals surface area contributed by atoms with E-state index in [9.17, 15) is 30.6 Å². The number of benzene rings is 1. The number of aromatic nitrogens is 4. The molecule has 0 saturated carbocycles. The normalized spacial score (nSPS) is 14.1. The van der Waals surface area contributed by atoms with Gasteiger partial charge in [0.15, 0.2) is 0 Å². The third-order valence-electron chi connectivity index (χ3n) is 2.56. The van der Waals surface area contributed by atoms with Gasteiger partial charge in [-0.2, -0.15) is 31.0 Å². The van der Waals surface area contributed by atoms with Crippen molar-refractivity contribution in [3.05, 3.63) is 29.3 Å². The van der Waals surface area contributed by atoms with E-state index in [2.05, 4.69) is 15.5 Å². The molecule has 0 aliphatic carbocycles. The van der Waals surface area contributed by atoms with Crippen LogP contribution < -0.4 is 0 Å². The van der Waals surface area contributed by atoms with Crippen molar-refractivity contribution in [2.45, 2.75) is 17.5 Å². The van der Waals surface area contributed by atoms with Gasteiger partial charge in [0.1, 0.15) is 0 Å². The van der Waals surface area contributed by atoms with Crippen LogP contribution in [0.2, 0.25) is 0 Å². The summed E-state index contributed by atoms with van der Waals surface area (Å²) < 4.78 is 88.5. The number of alkyl halides is 6. The predicted molar refractivity (Wildman–Crippen MR) is 61.5 cm³/mol. The zero-order valence-corrected chi connectivity index (χ0v) is 11.4. The van der Waals surface area contributed by atoms with Crippen LogP contribution in [0.15, 0.2) is 23.4 Å². The molecule has 1 unspecified atom stereocenters. The lowest BCUT2D eigenvalue weighted by molar-refractivity contribution is -0.162. The van der Waals surface area contributed by atoms with E-state index in [4.69, 9.17) is 0 Å². The fourth-order valence-electron chi connectivity index (χ4n) is 1.67. The second kappa shape index (κ2) is 5.34. The van der Waals surface area contributed by atoms with Gasteiger partial charge in [-0.15, -0.1) is 0 Å². The van der Waals surface area contributed by atoms with Gasteiger partial charge in [0.05, 0.1) is 27.6 Å². The van der Waals surface area contributed by atoms with E-state index in [-0.39, 0.29) is 23.0 Å². The second-order valence-electron chi connectivity index (χ2n) is 4.05. The van der Waals surface area contributed by atoms with Crippen LogP contribution in [0.3, 0.4) is 0 Å². The maximum absolute atomic E-state index is 12.8. The minimum absolute atomic E-state index is 0.259. The highest BCUT2D eigenvalue weighted by Crippen LogP contribution is 2.41. The first-order chi connectivity index (χ1) is 10.0. The number of nitrogens with zero attached hydrogens (tertiary/aromatic N) is 4. The topological polar surface area (TPSA) is 60.7 Å². The van der Waals surface area contributed by atoms with Gasteiger partial charge in [0.2, 0.25) is 5.16 Å². The molecule has 0 N–H and O–H groups in total. The van der Waals surface area contributed by atoms with E-state index in [1.54, 1.807) is 0 Å². The first-order valence-corrected chi connectivity index (χ1v) is 6.98. The zero-order valence-electron chi connectivity index (χ0n) is 10.6. The Morgan fingerprint density at radius 3 is 2.14 bits per heavy atom. The van der Waals surface area contributed by atoms with Crippen LogP contribution in [0.4, 0.5) is 26.3 Å². The van der Waals surface area contributed by atoms with Gasteiger partial charge in [-0.1, -0.05) is 5.10 Å². The molecular formula is C10H6F6N4OS. The van der Waals surface area contributed by atoms with Gasteiger partial charge >= 0.3 is 12.4 Å². The van der Waals surface area contributed by atoms with Gasteiger partial charge in [0, 0.05) is 6.26 Å². The number of hydrogen-bond acceptors (Lipinski definition) is 4. The summed E-state index contributed by atoms with van der Waals surface area (Å²) in [6, 6.07) is 1.31. The Kier molecular flexibility index (Phi) is 3.98. The van der Waals surface area contributed by atoms with Gasteiger partial charge in [-0.05, 0) is 28.6 Å². The molecule has 0 radical (unpaired) electrons. The van der Waals surface area contributed by atoms with E-state index in [1.165, 1.54) is 6.26 Å². The molecule has 0 aliphatic rings. The van der Waals surface area contributed by atoms with Crippen molar-refractivity contribution in [2.75, 3.05) is 6.26 Å². The summed E-state index contributed by atoms with van der Waals surface area (Å²) >= 11 is 0. The SMILES string of the molecule is CS(=O)c1nnnn1-c1ccc(C(F)(F)F)c(C(F)(F)F)c1. The molecule has 1 heterocycles. The van der Waals surface area contributed by atoms with Gasteiger partial charge in [-0.25, -0.2) is 0 Å². The number of halogens is 6. The Labute approximate surface area is 121 Å². The molecule has 1 aromatic heterocycles. The van der Waals surface area contributed by atoms with Crippen LogP contribution in [0.5, 0.6) is 0 Å². The summed E-state index contributed by atoms with van der Waals surface area (Å²) in [4.78, 5) is 0. The highest BCUT2D eigenvalue weighted by atomic mass is 32.2. The Morgan fingerprint density at radius 2 is 1.64 bits per heavy atom. The predicted octanol–water partition coefficient (Wildman–Crippen LogP) is 2.44. The number of tetrazole rings is 1. The van der Waals surface area contributed by atoms with E-state index in [1.807, 2.05) is 0 Å². The Hall–Kier alpha value is -1.98. The fraction of sp³-hybridized carbons (Fsp3) is 0.300. The summed E-state index contributed by atoms with van der Waals surface area (Å²) in [5, 5.41) is 9.55. The lowest BCUT2D eigenvalue weighted by atomic mass is 10.1. The quantitative estimate of drug-likeness (QED) is 0.785. The van der Waals surface area contributed by atoms with Gasteiger partial charge in [0.25, 0.3) is 0 Å². The van der Waals surface area contributed by atoms with Crippen LogP contribution in [0, 0.1) is 0 Å². The maximum atomic E-state index is 12.8. The number of hydrogen-bond donors (Lipinski definition) is 0. The van der Waals surface area contributed by atoms with E-state index < -0.39 is 34.3 Å². The molecule has 0 spiro atoms. The smallest absolute Gasteiger partial charge is 0.251 e. The average Bonchev–Trinajstić information content (AvgIpc) is 2.85. The molecule has 0 amide bonds. The Bertz CT molecular complexity index is 723. The molecule has 0 fully saturated rings. The van der Waals surface area contributed by atoms with Crippen molar-refractivity contribution >= 4 is 10.8 Å². The lowest BCUT2D eigenvalue weighted by Crippen LogP contribution is -2.17. The first-order valence-electron chi connectivity index (χ1n) is 5.42. The monoisotopic (exact) mass is 344 g/mol. The molecule has 0 aliphatic heterocycles. The molecule has 0 bridgehead atoms. The minimum Gasteiger partial charge on any atom is -0.251 e. The molecule has 2 rings (SSSR count). The van der Waals surface area contributed by atoms with Crippen LogP contribution in [-0.4, -0.2) is 30.7 Å². The molecule has 0 saturated heterocycles. The Morgan fingerprint density at radius 1 is 1.05 bits per heavy atom. The average molecular weight is 344 g/mol. The van der Waals surface area contributed by atoms with Crippen molar-refractivity contribution in [1.29, 1.82) is 0 Å². The van der Waals surface area contributed by atoms with Gasteiger partial charge in [-0.3, -0.25) is 4.21 Å². The van der Waals surface area contributed by atoms with E-state index in [0.717, 1.165) is 6.07 Å². The molecule has 120 valence electrons. The molecule has 2 aromatic rings. The largest absolute Gasteiger partial charge is 0.417 e. The first kappa shape index (κ1) is 16.4. The number of rotatable bonds is 2. The van der Waals surface area contributed by atoms with Gasteiger partial charge < -0.3 is 0 Å².